The van der Waals surface area contributed by atoms with Crippen LogP contribution in [0.3, 0.4) is 0 Å². The molecule has 0 aliphatic heterocycles. The summed E-state index contributed by atoms with van der Waals surface area (Å²) in [6.45, 7) is 2.17. The molecule has 0 amide bonds. The third kappa shape index (κ3) is 3.59. The molecule has 0 spiro atoms. The number of nitrogen functional groups attached to an aromatic ring is 1. The number of para-hydroxylation sites is 1. The molecule has 0 aromatic heterocycles. The Morgan fingerprint density at radius 2 is 1.71 bits per heavy atom. The van der Waals surface area contributed by atoms with Crippen LogP contribution in [0.2, 0.25) is 0 Å². The van der Waals surface area contributed by atoms with Crippen molar-refractivity contribution in [3.63, 3.8) is 0 Å². The predicted octanol–water partition coefficient (Wildman–Crippen LogP) is 2.45. The molecule has 2 aromatic carbocycles. The molecule has 4 nitrogen and oxygen atoms in total. The van der Waals surface area contributed by atoms with Gasteiger partial charge < -0.3 is 5.73 Å². The van der Waals surface area contributed by atoms with Crippen molar-refractivity contribution in [3.8, 4) is 0 Å². The molecule has 0 heterocycles. The van der Waals surface area contributed by atoms with Crippen LogP contribution >= 0.6 is 0 Å². The van der Waals surface area contributed by atoms with E-state index in [0.29, 0.717) is 0 Å². The summed E-state index contributed by atoms with van der Waals surface area (Å²) >= 11 is 0. The molecular weight excluding hydrogens is 291 g/mol. The van der Waals surface area contributed by atoms with E-state index in [9.17, 15) is 12.8 Å². The van der Waals surface area contributed by atoms with Gasteiger partial charge in [0.05, 0.1) is 5.69 Å². The summed E-state index contributed by atoms with van der Waals surface area (Å²) in [6, 6.07) is 11.3. The number of hydrogen-bond donors (Lipinski definition) is 2. The zero-order valence-electron chi connectivity index (χ0n) is 11.6. The summed E-state index contributed by atoms with van der Waals surface area (Å²) in [4.78, 5) is -0.243. The van der Waals surface area contributed by atoms with E-state index in [-0.39, 0.29) is 17.1 Å². The summed E-state index contributed by atoms with van der Waals surface area (Å²) in [5, 5.41) is 0. The molecule has 0 bridgehead atoms. The largest absolute Gasteiger partial charge is 0.395 e. The van der Waals surface area contributed by atoms with Gasteiger partial charge in [-0.2, -0.15) is 0 Å². The Morgan fingerprint density at radius 3 is 2.33 bits per heavy atom. The smallest absolute Gasteiger partial charge is 0.243 e. The van der Waals surface area contributed by atoms with Gasteiger partial charge in [-0.3, -0.25) is 0 Å². The van der Waals surface area contributed by atoms with Crippen LogP contribution in [0.1, 0.15) is 18.1 Å². The number of benzene rings is 2. The lowest BCUT2D eigenvalue weighted by Gasteiger charge is -2.10. The van der Waals surface area contributed by atoms with Gasteiger partial charge in [0.25, 0.3) is 0 Å². The lowest BCUT2D eigenvalue weighted by Crippen LogP contribution is -2.24. The third-order valence-electron chi connectivity index (χ3n) is 3.20. The van der Waals surface area contributed by atoms with Gasteiger partial charge in [0.2, 0.25) is 10.0 Å². The maximum Gasteiger partial charge on any atom is 0.243 e. The number of rotatable bonds is 5. The molecule has 2 rings (SSSR count). The minimum atomic E-state index is -3.84. The van der Waals surface area contributed by atoms with Crippen LogP contribution in [0.4, 0.5) is 10.1 Å². The van der Waals surface area contributed by atoms with Crippen molar-refractivity contribution < 1.29 is 12.8 Å². The van der Waals surface area contributed by atoms with E-state index in [2.05, 4.69) is 4.72 Å². The molecule has 2 aromatic rings. The molecule has 0 saturated heterocycles. The molecule has 0 aliphatic rings. The van der Waals surface area contributed by atoms with Gasteiger partial charge in [-0.1, -0.05) is 37.3 Å². The first kappa shape index (κ1) is 15.5. The quantitative estimate of drug-likeness (QED) is 0.833. The molecule has 0 aliphatic carbocycles. The highest BCUT2D eigenvalue weighted by Gasteiger charge is 2.18. The van der Waals surface area contributed by atoms with Gasteiger partial charge in [-0.15, -0.1) is 0 Å². The molecule has 112 valence electrons. The zero-order valence-corrected chi connectivity index (χ0v) is 12.5. The van der Waals surface area contributed by atoms with Crippen molar-refractivity contribution in [2.24, 2.45) is 0 Å². The van der Waals surface area contributed by atoms with Crippen molar-refractivity contribution in [1.82, 2.24) is 4.72 Å². The average Bonchev–Trinajstić information content (AvgIpc) is 2.48. The fraction of sp³-hybridized carbons (Fsp3) is 0.200. The highest BCUT2D eigenvalue weighted by molar-refractivity contribution is 7.89. The van der Waals surface area contributed by atoms with Gasteiger partial charge >= 0.3 is 0 Å². The zero-order chi connectivity index (χ0) is 15.5. The van der Waals surface area contributed by atoms with Gasteiger partial charge in [0.1, 0.15) is 10.7 Å². The van der Waals surface area contributed by atoms with E-state index < -0.39 is 15.8 Å². The van der Waals surface area contributed by atoms with Crippen molar-refractivity contribution in [3.05, 3.63) is 59.4 Å². The Bertz CT molecular complexity index is 728. The summed E-state index contributed by atoms with van der Waals surface area (Å²) in [7, 11) is -3.84. The molecular formula is C15H17FN2O2S. The highest BCUT2D eigenvalue weighted by Crippen LogP contribution is 2.21. The minimum absolute atomic E-state index is 0.127. The molecule has 0 atom stereocenters. The van der Waals surface area contributed by atoms with E-state index in [1.807, 2.05) is 31.2 Å². The molecule has 21 heavy (non-hydrogen) atoms. The van der Waals surface area contributed by atoms with Crippen molar-refractivity contribution in [1.29, 1.82) is 0 Å². The molecule has 0 fully saturated rings. The Hall–Kier alpha value is -1.92. The second-order valence-corrected chi connectivity index (χ2v) is 6.38. The molecule has 0 unspecified atom stereocenters. The fourth-order valence-corrected chi connectivity index (χ4v) is 3.06. The van der Waals surface area contributed by atoms with Crippen LogP contribution in [-0.4, -0.2) is 8.42 Å². The Kier molecular flexibility index (Phi) is 4.59. The van der Waals surface area contributed by atoms with Gasteiger partial charge in [-0.05, 0) is 29.7 Å². The number of anilines is 1. The van der Waals surface area contributed by atoms with E-state index in [1.165, 1.54) is 17.7 Å². The standard InChI is InChI=1S/C15H17FN2O2S/c1-2-11-6-8-12(9-7-11)10-18-21(19,20)14-5-3-4-13(16)15(14)17/h3-9,18H,2,10,17H2,1H3. The molecule has 0 radical (unpaired) electrons. The van der Waals surface area contributed by atoms with Crippen LogP contribution in [-0.2, 0) is 23.0 Å². The number of halogens is 1. The summed E-state index contributed by atoms with van der Waals surface area (Å²) in [6.07, 6.45) is 0.922. The van der Waals surface area contributed by atoms with Crippen molar-refractivity contribution in [2.45, 2.75) is 24.8 Å². The van der Waals surface area contributed by atoms with Gasteiger partial charge in [0.15, 0.2) is 0 Å². The lowest BCUT2D eigenvalue weighted by molar-refractivity contribution is 0.579. The SMILES string of the molecule is CCc1ccc(CNS(=O)(=O)c2cccc(F)c2N)cc1. The first-order valence-corrected chi connectivity index (χ1v) is 8.04. The maximum absolute atomic E-state index is 13.3. The van der Waals surface area contributed by atoms with E-state index in [0.717, 1.165) is 18.1 Å². The number of nitrogens with two attached hydrogens (primary N) is 1. The van der Waals surface area contributed by atoms with E-state index in [1.54, 1.807) is 0 Å². The Morgan fingerprint density at radius 1 is 1.10 bits per heavy atom. The number of sulfonamides is 1. The second-order valence-electron chi connectivity index (χ2n) is 4.65. The van der Waals surface area contributed by atoms with E-state index >= 15 is 0 Å². The normalized spacial score (nSPS) is 11.5. The van der Waals surface area contributed by atoms with Crippen molar-refractivity contribution >= 4 is 15.7 Å². The number of nitrogens with one attached hydrogen (secondary N) is 1. The number of hydrogen-bond acceptors (Lipinski definition) is 3. The monoisotopic (exact) mass is 308 g/mol. The predicted molar refractivity (Wildman–Crippen MR) is 80.7 cm³/mol. The van der Waals surface area contributed by atoms with Crippen LogP contribution in [0.5, 0.6) is 0 Å². The molecule has 0 saturated carbocycles. The molecule has 3 N–H and O–H groups in total. The van der Waals surface area contributed by atoms with Crippen LogP contribution in [0.15, 0.2) is 47.4 Å². The second kappa shape index (κ2) is 6.24. The molecule has 6 heteroatoms. The topological polar surface area (TPSA) is 72.2 Å². The lowest BCUT2D eigenvalue weighted by atomic mass is 10.1. The Labute approximate surface area is 123 Å². The van der Waals surface area contributed by atoms with Crippen LogP contribution in [0, 0.1) is 5.82 Å². The highest BCUT2D eigenvalue weighted by atomic mass is 32.2. The minimum Gasteiger partial charge on any atom is -0.395 e. The average molecular weight is 308 g/mol. The fourth-order valence-electron chi connectivity index (χ4n) is 1.90. The van der Waals surface area contributed by atoms with Crippen molar-refractivity contribution in [2.75, 3.05) is 5.73 Å². The first-order valence-electron chi connectivity index (χ1n) is 6.55. The summed E-state index contributed by atoms with van der Waals surface area (Å²) in [5.74, 6) is -0.745. The van der Waals surface area contributed by atoms with Crippen LogP contribution in [0.25, 0.3) is 0 Å². The van der Waals surface area contributed by atoms with E-state index in [4.69, 9.17) is 5.73 Å². The Balaban J connectivity index is 2.15. The third-order valence-corrected chi connectivity index (χ3v) is 4.66. The van der Waals surface area contributed by atoms with Gasteiger partial charge in [0, 0.05) is 6.54 Å². The summed E-state index contributed by atoms with van der Waals surface area (Å²) in [5.41, 5.74) is 7.11. The van der Waals surface area contributed by atoms with Gasteiger partial charge in [-0.25, -0.2) is 17.5 Å². The van der Waals surface area contributed by atoms with Crippen LogP contribution < -0.4 is 10.5 Å². The number of aryl methyl sites for hydroxylation is 1. The summed E-state index contributed by atoms with van der Waals surface area (Å²) < 4.78 is 40.0. The maximum atomic E-state index is 13.3. The first-order chi connectivity index (χ1) is 9.94.